The molecule has 5 heteroatoms. The Hall–Kier alpha value is -1.59. The van der Waals surface area contributed by atoms with Crippen molar-refractivity contribution < 1.29 is 14.6 Å². The van der Waals surface area contributed by atoms with E-state index in [9.17, 15) is 9.90 Å². The number of ether oxygens (including phenoxy) is 1. The molecule has 1 heterocycles. The Kier molecular flexibility index (Phi) is 4.62. The lowest BCUT2D eigenvalue weighted by molar-refractivity contribution is -0.0667. The summed E-state index contributed by atoms with van der Waals surface area (Å²) in [4.78, 5) is 16.3. The van der Waals surface area contributed by atoms with Gasteiger partial charge >= 0.3 is 0 Å². The van der Waals surface area contributed by atoms with E-state index in [4.69, 9.17) is 4.74 Å². The number of anilines is 1. The van der Waals surface area contributed by atoms with Crippen LogP contribution < -0.4 is 4.90 Å². The van der Waals surface area contributed by atoms with E-state index in [0.717, 1.165) is 5.69 Å². The normalized spacial score (nSPS) is 22.7. The largest absolute Gasteiger partial charge is 0.394 e. The third-order valence-corrected chi connectivity index (χ3v) is 3.60. The van der Waals surface area contributed by atoms with Crippen molar-refractivity contribution in [2.75, 3.05) is 38.8 Å². The fourth-order valence-electron chi connectivity index (χ4n) is 2.28. The molecule has 2 rings (SSSR count). The third-order valence-electron chi connectivity index (χ3n) is 3.60. The monoisotopic (exact) mass is 278 g/mol. The number of hydrogen-bond donors (Lipinski definition) is 1. The number of hydrogen-bond acceptors (Lipinski definition) is 4. The molecule has 20 heavy (non-hydrogen) atoms. The van der Waals surface area contributed by atoms with E-state index in [-0.39, 0.29) is 24.7 Å². The Morgan fingerprint density at radius 2 is 2.05 bits per heavy atom. The molecule has 1 aromatic rings. The molecule has 2 atom stereocenters. The summed E-state index contributed by atoms with van der Waals surface area (Å²) < 4.78 is 5.46. The highest BCUT2D eigenvalue weighted by molar-refractivity contribution is 5.94. The van der Waals surface area contributed by atoms with Crippen molar-refractivity contribution in [3.63, 3.8) is 0 Å². The van der Waals surface area contributed by atoms with E-state index in [1.54, 1.807) is 4.90 Å². The standard InChI is InChI=1S/C15H22N2O3/c1-11-10-20-14(9-18)8-17(11)15(19)12-4-6-13(7-5-12)16(2)3/h4-7,11,14,18H,8-10H2,1-3H3. The maximum absolute atomic E-state index is 12.5. The van der Waals surface area contributed by atoms with Crippen LogP contribution in [0, 0.1) is 0 Å². The van der Waals surface area contributed by atoms with Crippen molar-refractivity contribution in [2.24, 2.45) is 0 Å². The van der Waals surface area contributed by atoms with Crippen molar-refractivity contribution in [1.29, 1.82) is 0 Å². The molecule has 0 aromatic heterocycles. The molecule has 5 nitrogen and oxygen atoms in total. The van der Waals surface area contributed by atoms with Crippen molar-refractivity contribution in [2.45, 2.75) is 19.1 Å². The molecule has 2 unspecified atom stereocenters. The summed E-state index contributed by atoms with van der Waals surface area (Å²) in [6.07, 6.45) is -0.281. The summed E-state index contributed by atoms with van der Waals surface area (Å²) in [5.41, 5.74) is 1.73. The predicted octanol–water partition coefficient (Wildman–Crippen LogP) is 0.974. The lowest BCUT2D eigenvalue weighted by atomic mass is 10.1. The highest BCUT2D eigenvalue weighted by Crippen LogP contribution is 2.18. The second kappa shape index (κ2) is 6.24. The highest BCUT2D eigenvalue weighted by Gasteiger charge is 2.29. The van der Waals surface area contributed by atoms with Crippen LogP contribution in [0.3, 0.4) is 0 Å². The number of aliphatic hydroxyl groups is 1. The number of benzene rings is 1. The lowest BCUT2D eigenvalue weighted by Gasteiger charge is -2.37. The van der Waals surface area contributed by atoms with Crippen LogP contribution >= 0.6 is 0 Å². The van der Waals surface area contributed by atoms with Gasteiger partial charge < -0.3 is 19.6 Å². The van der Waals surface area contributed by atoms with Crippen molar-refractivity contribution in [1.82, 2.24) is 4.90 Å². The highest BCUT2D eigenvalue weighted by atomic mass is 16.5. The quantitative estimate of drug-likeness (QED) is 0.895. The first-order valence-electron chi connectivity index (χ1n) is 6.83. The molecule has 0 aliphatic carbocycles. The van der Waals surface area contributed by atoms with E-state index < -0.39 is 0 Å². The van der Waals surface area contributed by atoms with Crippen LogP contribution in [0.2, 0.25) is 0 Å². The van der Waals surface area contributed by atoms with Gasteiger partial charge in [-0.15, -0.1) is 0 Å². The Morgan fingerprint density at radius 1 is 1.40 bits per heavy atom. The van der Waals surface area contributed by atoms with Gasteiger partial charge in [-0.05, 0) is 31.2 Å². The van der Waals surface area contributed by atoms with Gasteiger partial charge in [-0.25, -0.2) is 0 Å². The van der Waals surface area contributed by atoms with Crippen LogP contribution in [0.1, 0.15) is 17.3 Å². The van der Waals surface area contributed by atoms with Gasteiger partial charge in [0.2, 0.25) is 0 Å². The van der Waals surface area contributed by atoms with E-state index in [1.807, 2.05) is 50.2 Å². The van der Waals surface area contributed by atoms with Crippen LogP contribution in [0.4, 0.5) is 5.69 Å². The molecule has 0 saturated carbocycles. The average Bonchev–Trinajstić information content (AvgIpc) is 2.47. The zero-order valence-corrected chi connectivity index (χ0v) is 12.2. The first kappa shape index (κ1) is 14.8. The molecule has 1 aromatic carbocycles. The van der Waals surface area contributed by atoms with Gasteiger partial charge in [0.05, 0.1) is 25.4 Å². The SMILES string of the molecule is CC1COC(CO)CN1C(=O)c1ccc(N(C)C)cc1. The first-order valence-corrected chi connectivity index (χ1v) is 6.83. The summed E-state index contributed by atoms with van der Waals surface area (Å²) in [7, 11) is 3.93. The van der Waals surface area contributed by atoms with Crippen LogP contribution in [0.25, 0.3) is 0 Å². The number of amides is 1. The average molecular weight is 278 g/mol. The molecule has 0 bridgehead atoms. The van der Waals surface area contributed by atoms with Gasteiger partial charge in [0.25, 0.3) is 5.91 Å². The molecular formula is C15H22N2O3. The van der Waals surface area contributed by atoms with E-state index >= 15 is 0 Å². The van der Waals surface area contributed by atoms with Gasteiger partial charge in [0.15, 0.2) is 0 Å². The van der Waals surface area contributed by atoms with E-state index in [1.165, 1.54) is 0 Å². The summed E-state index contributed by atoms with van der Waals surface area (Å²) in [6, 6.07) is 7.57. The first-order chi connectivity index (χ1) is 9.52. The lowest BCUT2D eigenvalue weighted by Crippen LogP contribution is -2.52. The van der Waals surface area contributed by atoms with Crippen LogP contribution in [0.5, 0.6) is 0 Å². The second-order valence-electron chi connectivity index (χ2n) is 5.39. The number of rotatable bonds is 3. The van der Waals surface area contributed by atoms with Crippen molar-refractivity contribution in [3.05, 3.63) is 29.8 Å². The smallest absolute Gasteiger partial charge is 0.254 e. The zero-order valence-electron chi connectivity index (χ0n) is 12.2. The third kappa shape index (κ3) is 3.11. The maximum atomic E-state index is 12.5. The number of morpholine rings is 1. The predicted molar refractivity (Wildman–Crippen MR) is 78.1 cm³/mol. The fraction of sp³-hybridized carbons (Fsp3) is 0.533. The molecule has 1 saturated heterocycles. The fourth-order valence-corrected chi connectivity index (χ4v) is 2.28. The molecular weight excluding hydrogens is 256 g/mol. The summed E-state index contributed by atoms with van der Waals surface area (Å²) in [5, 5.41) is 9.18. The van der Waals surface area contributed by atoms with E-state index in [0.29, 0.717) is 18.7 Å². The van der Waals surface area contributed by atoms with Gasteiger partial charge in [-0.2, -0.15) is 0 Å². The Morgan fingerprint density at radius 3 is 2.60 bits per heavy atom. The minimum Gasteiger partial charge on any atom is -0.394 e. The van der Waals surface area contributed by atoms with Crippen LogP contribution in [-0.2, 0) is 4.74 Å². The molecule has 110 valence electrons. The summed E-state index contributed by atoms with van der Waals surface area (Å²) >= 11 is 0. The maximum Gasteiger partial charge on any atom is 0.254 e. The van der Waals surface area contributed by atoms with Gasteiger partial charge in [0, 0.05) is 31.9 Å². The molecule has 1 aliphatic rings. The van der Waals surface area contributed by atoms with Gasteiger partial charge in [-0.3, -0.25) is 4.79 Å². The molecule has 1 N–H and O–H groups in total. The summed E-state index contributed by atoms with van der Waals surface area (Å²) in [5.74, 6) is -0.00967. The van der Waals surface area contributed by atoms with E-state index in [2.05, 4.69) is 0 Å². The van der Waals surface area contributed by atoms with Crippen LogP contribution in [0.15, 0.2) is 24.3 Å². The molecule has 0 radical (unpaired) electrons. The Balaban J connectivity index is 2.13. The minimum absolute atomic E-state index is 0.00967. The van der Waals surface area contributed by atoms with Gasteiger partial charge in [-0.1, -0.05) is 0 Å². The minimum atomic E-state index is -0.281. The van der Waals surface area contributed by atoms with Gasteiger partial charge in [0.1, 0.15) is 0 Å². The van der Waals surface area contributed by atoms with Crippen molar-refractivity contribution in [3.8, 4) is 0 Å². The molecule has 1 fully saturated rings. The Bertz CT molecular complexity index is 459. The summed E-state index contributed by atoms with van der Waals surface area (Å²) in [6.45, 7) is 2.80. The molecule has 1 aliphatic heterocycles. The number of carbonyl (C=O) groups excluding carboxylic acids is 1. The topological polar surface area (TPSA) is 53.0 Å². The molecule has 1 amide bonds. The number of carbonyl (C=O) groups is 1. The second-order valence-corrected chi connectivity index (χ2v) is 5.39. The van der Waals surface area contributed by atoms with Crippen LogP contribution in [-0.4, -0.2) is 61.9 Å². The van der Waals surface area contributed by atoms with Crippen molar-refractivity contribution >= 4 is 11.6 Å². The molecule has 0 spiro atoms. The Labute approximate surface area is 119 Å². The zero-order chi connectivity index (χ0) is 14.7. The number of nitrogens with zero attached hydrogens (tertiary/aromatic N) is 2. The number of aliphatic hydroxyl groups excluding tert-OH is 1.